The van der Waals surface area contributed by atoms with E-state index < -0.39 is 11.9 Å². The fourth-order valence-electron chi connectivity index (χ4n) is 3.83. The van der Waals surface area contributed by atoms with Crippen molar-refractivity contribution in [2.24, 2.45) is 5.92 Å². The molecule has 0 aliphatic carbocycles. The third-order valence-corrected chi connectivity index (χ3v) is 5.93. The lowest BCUT2D eigenvalue weighted by molar-refractivity contribution is 0.0686. The summed E-state index contributed by atoms with van der Waals surface area (Å²) in [7, 11) is 0. The van der Waals surface area contributed by atoms with E-state index in [0.717, 1.165) is 54.5 Å². The fraction of sp³-hybridized carbons (Fsp3) is 0.267. The predicted molar refractivity (Wildman–Crippen MR) is 138 cm³/mol. The Bertz CT molecular complexity index is 1130. The van der Waals surface area contributed by atoms with Gasteiger partial charge in [-0.1, -0.05) is 68.0 Å². The Morgan fingerprint density at radius 3 is 2.06 bits per heavy atom. The van der Waals surface area contributed by atoms with Crippen LogP contribution in [0.5, 0.6) is 5.75 Å². The van der Waals surface area contributed by atoms with Gasteiger partial charge in [0.25, 0.3) is 0 Å². The fourth-order valence-corrected chi connectivity index (χ4v) is 3.83. The molecule has 5 nitrogen and oxygen atoms in total. The highest BCUT2D eigenvalue weighted by Crippen LogP contribution is 2.24. The van der Waals surface area contributed by atoms with E-state index >= 15 is 0 Å². The lowest BCUT2D eigenvalue weighted by Crippen LogP contribution is -2.05. The standard InChI is InChI=1S/C30H32O5/c1-2-3-20-35-28-7-5-4-6-25(28)15-12-23(21-24-13-18-27(19-14-24)30(33)34)9-8-22-10-16-26(17-11-22)29(31)32/h4-7,10-19,23H,2-3,8-9,20-21H2,1H3,(H,31,32)(H,33,34). The van der Waals surface area contributed by atoms with Crippen molar-refractivity contribution in [1.29, 1.82) is 0 Å². The monoisotopic (exact) mass is 472 g/mol. The summed E-state index contributed by atoms with van der Waals surface area (Å²) in [5.74, 6) is -0.793. The van der Waals surface area contributed by atoms with Crippen LogP contribution in [0.4, 0.5) is 0 Å². The van der Waals surface area contributed by atoms with Crippen molar-refractivity contribution in [2.75, 3.05) is 6.61 Å². The van der Waals surface area contributed by atoms with Crippen LogP contribution in [0.25, 0.3) is 6.08 Å². The highest BCUT2D eigenvalue weighted by Gasteiger charge is 2.10. The largest absolute Gasteiger partial charge is 0.493 e. The van der Waals surface area contributed by atoms with E-state index in [0.29, 0.717) is 6.61 Å². The first-order chi connectivity index (χ1) is 17.0. The Kier molecular flexibility index (Phi) is 9.67. The minimum atomic E-state index is -0.933. The molecule has 1 unspecified atom stereocenters. The molecule has 3 rings (SSSR count). The Hall–Kier alpha value is -3.86. The summed E-state index contributed by atoms with van der Waals surface area (Å²) >= 11 is 0. The van der Waals surface area contributed by atoms with Gasteiger partial charge in [-0.05, 0) is 73.1 Å². The number of ether oxygens (including phenoxy) is 1. The molecule has 0 aliphatic rings. The van der Waals surface area contributed by atoms with E-state index in [9.17, 15) is 14.7 Å². The van der Waals surface area contributed by atoms with E-state index in [2.05, 4.69) is 19.1 Å². The van der Waals surface area contributed by atoms with E-state index in [4.69, 9.17) is 9.84 Å². The molecule has 0 heterocycles. The summed E-state index contributed by atoms with van der Waals surface area (Å²) in [6, 6.07) is 22.0. The Labute approximate surface area is 206 Å². The molecule has 0 fully saturated rings. The number of carbonyl (C=O) groups is 2. The van der Waals surface area contributed by atoms with Crippen LogP contribution in [0.1, 0.15) is 63.6 Å². The number of rotatable bonds is 13. The van der Waals surface area contributed by atoms with Gasteiger partial charge in [-0.25, -0.2) is 9.59 Å². The molecule has 35 heavy (non-hydrogen) atoms. The first kappa shape index (κ1) is 25.8. The first-order valence-corrected chi connectivity index (χ1v) is 12.0. The molecule has 0 saturated heterocycles. The van der Waals surface area contributed by atoms with E-state index in [1.807, 2.05) is 48.5 Å². The summed E-state index contributed by atoms with van der Waals surface area (Å²) < 4.78 is 5.97. The average molecular weight is 473 g/mol. The summed E-state index contributed by atoms with van der Waals surface area (Å²) in [4.78, 5) is 22.3. The molecule has 0 aliphatic heterocycles. The molecule has 0 radical (unpaired) electrons. The van der Waals surface area contributed by atoms with Crippen LogP contribution in [-0.4, -0.2) is 28.8 Å². The Morgan fingerprint density at radius 1 is 0.857 bits per heavy atom. The summed E-state index contributed by atoms with van der Waals surface area (Å²) in [5, 5.41) is 18.3. The summed E-state index contributed by atoms with van der Waals surface area (Å²) in [6.07, 6.45) is 8.81. The van der Waals surface area contributed by atoms with E-state index in [-0.39, 0.29) is 17.0 Å². The van der Waals surface area contributed by atoms with Crippen molar-refractivity contribution in [3.05, 3.63) is 107 Å². The molecular formula is C30H32O5. The molecule has 5 heteroatoms. The molecule has 1 atom stereocenters. The number of carboxylic acids is 2. The van der Waals surface area contributed by atoms with Crippen molar-refractivity contribution >= 4 is 18.0 Å². The van der Waals surface area contributed by atoms with Gasteiger partial charge in [0.05, 0.1) is 17.7 Å². The first-order valence-electron chi connectivity index (χ1n) is 12.0. The van der Waals surface area contributed by atoms with E-state index in [1.54, 1.807) is 24.3 Å². The van der Waals surface area contributed by atoms with Crippen LogP contribution in [0.2, 0.25) is 0 Å². The van der Waals surface area contributed by atoms with E-state index in [1.165, 1.54) is 0 Å². The van der Waals surface area contributed by atoms with Crippen molar-refractivity contribution in [3.8, 4) is 5.75 Å². The number of hydrogen-bond donors (Lipinski definition) is 2. The molecular weight excluding hydrogens is 440 g/mol. The maximum absolute atomic E-state index is 11.2. The smallest absolute Gasteiger partial charge is 0.335 e. The molecule has 2 N–H and O–H groups in total. The lowest BCUT2D eigenvalue weighted by atomic mass is 9.91. The zero-order valence-electron chi connectivity index (χ0n) is 20.0. The number of carboxylic acid groups (broad SMARTS) is 2. The number of aromatic carboxylic acids is 2. The highest BCUT2D eigenvalue weighted by atomic mass is 16.5. The molecule has 0 spiro atoms. The molecule has 0 saturated carbocycles. The number of benzene rings is 3. The van der Waals surface area contributed by atoms with Gasteiger partial charge in [0.2, 0.25) is 0 Å². The molecule has 0 aromatic heterocycles. The van der Waals surface area contributed by atoms with Gasteiger partial charge in [0.1, 0.15) is 5.75 Å². The zero-order chi connectivity index (χ0) is 25.0. The second-order valence-electron chi connectivity index (χ2n) is 8.61. The molecule has 3 aromatic carbocycles. The average Bonchev–Trinajstić information content (AvgIpc) is 2.87. The zero-order valence-corrected chi connectivity index (χ0v) is 20.0. The van der Waals surface area contributed by atoms with Crippen molar-refractivity contribution < 1.29 is 24.5 Å². The topological polar surface area (TPSA) is 83.8 Å². The number of hydrogen-bond acceptors (Lipinski definition) is 3. The third-order valence-electron chi connectivity index (χ3n) is 5.93. The highest BCUT2D eigenvalue weighted by molar-refractivity contribution is 5.88. The van der Waals surface area contributed by atoms with Crippen LogP contribution >= 0.6 is 0 Å². The van der Waals surface area contributed by atoms with Gasteiger partial charge >= 0.3 is 11.9 Å². The van der Waals surface area contributed by atoms with Crippen molar-refractivity contribution in [3.63, 3.8) is 0 Å². The number of allylic oxidation sites excluding steroid dienone is 1. The van der Waals surface area contributed by atoms with Gasteiger partial charge in [0, 0.05) is 5.56 Å². The van der Waals surface area contributed by atoms with Gasteiger partial charge in [0.15, 0.2) is 0 Å². The number of para-hydroxylation sites is 1. The Morgan fingerprint density at radius 2 is 1.46 bits per heavy atom. The second-order valence-corrected chi connectivity index (χ2v) is 8.61. The molecule has 182 valence electrons. The van der Waals surface area contributed by atoms with Crippen molar-refractivity contribution in [1.82, 2.24) is 0 Å². The quantitative estimate of drug-likeness (QED) is 0.268. The minimum absolute atomic E-state index is 0.202. The summed E-state index contributed by atoms with van der Waals surface area (Å²) in [5.41, 5.74) is 3.73. The van der Waals surface area contributed by atoms with Crippen molar-refractivity contribution in [2.45, 2.75) is 39.0 Å². The van der Waals surface area contributed by atoms with Crippen LogP contribution in [0, 0.1) is 5.92 Å². The van der Waals surface area contributed by atoms with Crippen LogP contribution < -0.4 is 4.74 Å². The molecule has 3 aromatic rings. The second kappa shape index (κ2) is 13.1. The number of aryl methyl sites for hydroxylation is 1. The van der Waals surface area contributed by atoms with Crippen LogP contribution in [-0.2, 0) is 12.8 Å². The summed E-state index contributed by atoms with van der Waals surface area (Å²) in [6.45, 7) is 2.82. The maximum atomic E-state index is 11.2. The van der Waals surface area contributed by atoms with Gasteiger partial charge in [-0.3, -0.25) is 0 Å². The normalized spacial score (nSPS) is 11.9. The van der Waals surface area contributed by atoms with Gasteiger partial charge in [-0.15, -0.1) is 0 Å². The maximum Gasteiger partial charge on any atom is 0.335 e. The lowest BCUT2D eigenvalue weighted by Gasteiger charge is -2.15. The Balaban J connectivity index is 1.76. The molecule has 0 bridgehead atoms. The number of unbranched alkanes of at least 4 members (excludes halogenated alkanes) is 1. The SMILES string of the molecule is CCCCOc1ccccc1C=CC(CCc1ccc(C(=O)O)cc1)Cc1ccc(C(=O)O)cc1. The van der Waals surface area contributed by atoms with Crippen LogP contribution in [0.15, 0.2) is 78.9 Å². The molecule has 0 amide bonds. The van der Waals surface area contributed by atoms with Crippen LogP contribution in [0.3, 0.4) is 0 Å². The van der Waals surface area contributed by atoms with Gasteiger partial charge < -0.3 is 14.9 Å². The predicted octanol–water partition coefficient (Wildman–Crippen LogP) is 6.77. The minimum Gasteiger partial charge on any atom is -0.493 e. The third kappa shape index (κ3) is 8.14. The van der Waals surface area contributed by atoms with Gasteiger partial charge in [-0.2, -0.15) is 0 Å².